The third-order valence-electron chi connectivity index (χ3n) is 19.5. The summed E-state index contributed by atoms with van der Waals surface area (Å²) < 4.78 is 7.61. The lowest BCUT2D eigenvalue weighted by Gasteiger charge is -2.61. The molecular weight excluding hydrogens is 949 g/mol. The minimum Gasteiger partial charge on any atom is -0.309 e. The summed E-state index contributed by atoms with van der Waals surface area (Å²) in [6.07, 6.45) is 7.11. The van der Waals surface area contributed by atoms with Gasteiger partial charge in [0, 0.05) is 58.5 Å². The lowest BCUT2D eigenvalue weighted by Crippen LogP contribution is -2.55. The van der Waals surface area contributed by atoms with E-state index in [9.17, 15) is 0 Å². The molecule has 3 heterocycles. The fourth-order valence-corrected chi connectivity index (χ4v) is 17.7. The van der Waals surface area contributed by atoms with E-state index in [-0.39, 0.29) is 5.41 Å². The van der Waals surface area contributed by atoms with Gasteiger partial charge in [-0.15, -0.1) is 11.3 Å². The number of para-hydroxylation sites is 2. The zero-order valence-corrected chi connectivity index (χ0v) is 43.4. The second-order valence-electron chi connectivity index (χ2n) is 23.2. The zero-order chi connectivity index (χ0) is 50.1. The first-order chi connectivity index (χ1) is 38.1. The Morgan fingerprint density at radius 1 is 0.312 bits per heavy atom. The lowest BCUT2D eigenvalue weighted by molar-refractivity contribution is -0.0399. The normalized spacial score (nSPS) is 20.3. The third kappa shape index (κ3) is 5.96. The Hall–Kier alpha value is -8.50. The number of thiophene rings is 1. The van der Waals surface area contributed by atoms with Crippen molar-refractivity contribution < 1.29 is 0 Å². The van der Waals surface area contributed by atoms with Crippen molar-refractivity contribution in [3.05, 3.63) is 242 Å². The second-order valence-corrected chi connectivity index (χ2v) is 24.3. The SMILES string of the molecule is c1ccc2c(c1)-c1ccc(-c3ccc4c(c3)sc3cc(-n5c6ccccc6c6ccc(-c7ccc8c9ccccc9n(-c9ccc(-c%10cccc%11ccccc%10%11)cc9)c8c7)cc65)ccc34)cc1C21C2CC3CC(C2)CC1C3. The van der Waals surface area contributed by atoms with E-state index in [0.29, 0.717) is 0 Å². The summed E-state index contributed by atoms with van der Waals surface area (Å²) in [5.74, 6) is 3.40. The van der Waals surface area contributed by atoms with Crippen molar-refractivity contribution in [2.75, 3.05) is 0 Å². The Morgan fingerprint density at radius 3 is 1.51 bits per heavy atom. The summed E-state index contributed by atoms with van der Waals surface area (Å²) in [5, 5.41) is 10.2. The van der Waals surface area contributed by atoms with Crippen molar-refractivity contribution in [3.8, 4) is 55.9 Å². The van der Waals surface area contributed by atoms with Crippen molar-refractivity contribution in [3.63, 3.8) is 0 Å². The van der Waals surface area contributed by atoms with Crippen molar-refractivity contribution in [2.45, 2.75) is 37.5 Å². The van der Waals surface area contributed by atoms with Crippen molar-refractivity contribution in [2.24, 2.45) is 23.7 Å². The zero-order valence-electron chi connectivity index (χ0n) is 42.6. The third-order valence-corrected chi connectivity index (χ3v) is 20.6. The van der Waals surface area contributed by atoms with Gasteiger partial charge in [0.15, 0.2) is 0 Å². The highest BCUT2D eigenvalue weighted by Crippen LogP contribution is 2.69. The molecule has 0 aliphatic heterocycles. The summed E-state index contributed by atoms with van der Waals surface area (Å²) >= 11 is 1.93. The van der Waals surface area contributed by atoms with Gasteiger partial charge in [-0.1, -0.05) is 170 Å². The van der Waals surface area contributed by atoms with Crippen LogP contribution < -0.4 is 0 Å². The molecule has 77 heavy (non-hydrogen) atoms. The molecule has 5 aliphatic carbocycles. The smallest absolute Gasteiger partial charge is 0.0547 e. The van der Waals surface area contributed by atoms with Gasteiger partial charge in [0.25, 0.3) is 0 Å². The topological polar surface area (TPSA) is 9.86 Å². The Bertz CT molecular complexity index is 4790. The standard InChI is InChI=1S/C74H52N2S/c1-2-12-56-46(10-1)11-9-16-57(56)47-20-26-54(27-21-47)75-68-18-7-4-14-60(68)62-30-23-49(40-70(62)75)50-24-31-63-61-15-5-8-19-69(61)76(71(63)41-50)55-28-33-65-64-32-25-51(42-72(64)77-73(65)43-55)48-22-29-59-58-13-3-6-17-66(58)74(67(59)39-48)52-35-44-34-45(37-52)38-53(74)36-44/h1-33,39-45,52-53H,34-38H2. The van der Waals surface area contributed by atoms with Crippen LogP contribution in [0.4, 0.5) is 0 Å². The van der Waals surface area contributed by atoms with E-state index in [0.717, 1.165) is 29.4 Å². The number of benzene rings is 11. The quantitative estimate of drug-likeness (QED) is 0.163. The van der Waals surface area contributed by atoms with Gasteiger partial charge in [0.2, 0.25) is 0 Å². The van der Waals surface area contributed by atoms with Crippen LogP contribution in [-0.4, -0.2) is 9.13 Å². The Morgan fingerprint density at radius 2 is 0.792 bits per heavy atom. The van der Waals surface area contributed by atoms with Gasteiger partial charge < -0.3 is 9.13 Å². The first kappa shape index (κ1) is 42.7. The summed E-state index contributed by atoms with van der Waals surface area (Å²) in [6.45, 7) is 0. The number of rotatable bonds is 5. The summed E-state index contributed by atoms with van der Waals surface area (Å²) in [4.78, 5) is 0. The van der Waals surface area contributed by atoms with Crippen molar-refractivity contribution >= 4 is 85.9 Å². The van der Waals surface area contributed by atoms with E-state index in [4.69, 9.17) is 0 Å². The predicted molar refractivity (Wildman–Crippen MR) is 325 cm³/mol. The van der Waals surface area contributed by atoms with Crippen LogP contribution in [0.15, 0.2) is 231 Å². The van der Waals surface area contributed by atoms with Crippen molar-refractivity contribution in [1.82, 2.24) is 9.13 Å². The van der Waals surface area contributed by atoms with E-state index in [2.05, 4.69) is 240 Å². The van der Waals surface area contributed by atoms with Crippen molar-refractivity contribution in [1.29, 1.82) is 0 Å². The van der Waals surface area contributed by atoms with Gasteiger partial charge in [0.1, 0.15) is 0 Å². The number of hydrogen-bond donors (Lipinski definition) is 0. The Balaban J connectivity index is 0.730. The molecule has 3 heteroatoms. The van der Waals surface area contributed by atoms with Gasteiger partial charge in [-0.05, 0) is 183 Å². The molecule has 3 aromatic heterocycles. The number of aromatic nitrogens is 2. The molecule has 14 aromatic rings. The van der Waals surface area contributed by atoms with Gasteiger partial charge in [-0.25, -0.2) is 0 Å². The molecule has 1 spiro atoms. The molecule has 4 saturated carbocycles. The monoisotopic (exact) mass is 1000 g/mol. The maximum Gasteiger partial charge on any atom is 0.0547 e. The molecule has 0 N–H and O–H groups in total. The molecule has 11 aromatic carbocycles. The van der Waals surface area contributed by atoms with Crippen LogP contribution in [0.25, 0.3) is 130 Å². The molecular formula is C74H52N2S. The fourth-order valence-electron chi connectivity index (χ4n) is 16.5. The predicted octanol–water partition coefficient (Wildman–Crippen LogP) is 20.1. The number of fused-ring (bicyclic) bond motifs is 13. The molecule has 5 aliphatic rings. The first-order valence-corrected chi connectivity index (χ1v) is 28.8. The van der Waals surface area contributed by atoms with E-state index >= 15 is 0 Å². The Kier molecular flexibility index (Phi) is 8.75. The van der Waals surface area contributed by atoms with E-state index in [1.807, 2.05) is 11.3 Å². The molecule has 0 atom stereocenters. The van der Waals surface area contributed by atoms with E-state index in [1.54, 1.807) is 11.1 Å². The molecule has 4 bridgehead atoms. The largest absolute Gasteiger partial charge is 0.309 e. The van der Waals surface area contributed by atoms with Gasteiger partial charge in [-0.2, -0.15) is 0 Å². The number of hydrogen-bond acceptors (Lipinski definition) is 1. The van der Waals surface area contributed by atoms with Crippen LogP contribution >= 0.6 is 11.3 Å². The molecule has 4 fully saturated rings. The van der Waals surface area contributed by atoms with E-state index < -0.39 is 0 Å². The average molecular weight is 1000 g/mol. The highest BCUT2D eigenvalue weighted by Gasteiger charge is 2.61. The van der Waals surface area contributed by atoms with Crippen LogP contribution in [0.1, 0.15) is 43.2 Å². The summed E-state index contributed by atoms with van der Waals surface area (Å²) in [6, 6.07) is 87.8. The molecule has 0 saturated heterocycles. The highest BCUT2D eigenvalue weighted by molar-refractivity contribution is 7.25. The van der Waals surface area contributed by atoms with Gasteiger partial charge in [-0.3, -0.25) is 0 Å². The van der Waals surface area contributed by atoms with Gasteiger partial charge >= 0.3 is 0 Å². The van der Waals surface area contributed by atoms with Crippen LogP contribution in [0.2, 0.25) is 0 Å². The fraction of sp³-hybridized carbons (Fsp3) is 0.135. The molecule has 364 valence electrons. The van der Waals surface area contributed by atoms with E-state index in [1.165, 1.54) is 157 Å². The van der Waals surface area contributed by atoms with Gasteiger partial charge in [0.05, 0.1) is 22.1 Å². The minimum atomic E-state index is 0.170. The maximum absolute atomic E-state index is 2.64. The summed E-state index contributed by atoms with van der Waals surface area (Å²) in [5.41, 5.74) is 21.2. The molecule has 2 nitrogen and oxygen atoms in total. The number of nitrogens with zero attached hydrogens (tertiary/aromatic N) is 2. The lowest BCUT2D eigenvalue weighted by atomic mass is 9.43. The van der Waals surface area contributed by atoms with Crippen LogP contribution in [0.3, 0.4) is 0 Å². The maximum atomic E-state index is 2.64. The first-order valence-electron chi connectivity index (χ1n) is 28.0. The second kappa shape index (κ2) is 15.8. The van der Waals surface area contributed by atoms with Crippen LogP contribution in [0.5, 0.6) is 0 Å². The summed E-state index contributed by atoms with van der Waals surface area (Å²) in [7, 11) is 0. The highest BCUT2D eigenvalue weighted by atomic mass is 32.1. The molecule has 19 rings (SSSR count). The van der Waals surface area contributed by atoms with Crippen LogP contribution in [-0.2, 0) is 5.41 Å². The molecule has 0 amide bonds. The van der Waals surface area contributed by atoms with Crippen LogP contribution in [0, 0.1) is 23.7 Å². The molecule has 0 unspecified atom stereocenters. The average Bonchev–Trinajstić information content (AvgIpc) is 4.40. The minimum absolute atomic E-state index is 0.170. The molecule has 0 radical (unpaired) electrons. The Labute approximate surface area is 451 Å².